The number of ether oxygens (including phenoxy) is 1. The number of hydrogen-bond acceptors (Lipinski definition) is 6. The van der Waals surface area contributed by atoms with Gasteiger partial charge in [-0.1, -0.05) is 36.0 Å². The molecule has 0 aliphatic heterocycles. The Morgan fingerprint density at radius 3 is 2.75 bits per heavy atom. The van der Waals surface area contributed by atoms with Gasteiger partial charge in [-0.15, -0.1) is 11.3 Å². The summed E-state index contributed by atoms with van der Waals surface area (Å²) in [6.07, 6.45) is -0.719. The summed E-state index contributed by atoms with van der Waals surface area (Å²) >= 11 is 3.04. The number of aliphatic hydroxyl groups excluding tert-OH is 1. The number of hydrogen-bond donors (Lipinski definition) is 2. The number of nitrogens with zero attached hydrogens (tertiary/aromatic N) is 1. The summed E-state index contributed by atoms with van der Waals surface area (Å²) in [5, 5.41) is 19.2. The Balaban J connectivity index is 1.54. The normalized spacial score (nSPS) is 12.2. The summed E-state index contributed by atoms with van der Waals surface area (Å²) in [5.41, 5.74) is 1.04. The average Bonchev–Trinajstić information content (AvgIpc) is 3.01. The van der Waals surface area contributed by atoms with Crippen molar-refractivity contribution in [3.8, 4) is 5.75 Å². The molecule has 1 heterocycles. The van der Waals surface area contributed by atoms with Crippen molar-refractivity contribution < 1.29 is 19.7 Å². The van der Waals surface area contributed by atoms with Gasteiger partial charge in [-0.05, 0) is 24.3 Å². The van der Waals surface area contributed by atoms with Crippen molar-refractivity contribution in [3.63, 3.8) is 0 Å². The van der Waals surface area contributed by atoms with Crippen molar-refractivity contribution in [1.29, 1.82) is 0 Å². The average molecular weight is 361 g/mol. The number of benzene rings is 2. The summed E-state index contributed by atoms with van der Waals surface area (Å²) < 4.78 is 7.45. The van der Waals surface area contributed by atoms with E-state index in [1.807, 2.05) is 24.3 Å². The SMILES string of the molecule is O=C(O)c1ccccc1OCC(O)CSc1nc2ccccc2s1. The molecule has 1 unspecified atom stereocenters. The highest BCUT2D eigenvalue weighted by Crippen LogP contribution is 2.29. The number of rotatable bonds is 7. The topological polar surface area (TPSA) is 79.7 Å². The number of thiazole rings is 1. The molecule has 3 rings (SSSR count). The number of aliphatic hydroxyl groups is 1. The van der Waals surface area contributed by atoms with Crippen LogP contribution >= 0.6 is 23.1 Å². The standard InChI is InChI=1S/C17H15NO4S2/c19-11(9-22-14-7-3-1-5-12(14)16(20)21)10-23-17-18-13-6-2-4-8-15(13)24-17/h1-8,11,19H,9-10H2,(H,20,21). The van der Waals surface area contributed by atoms with Crippen molar-refractivity contribution in [3.05, 3.63) is 54.1 Å². The molecule has 2 N–H and O–H groups in total. The molecule has 0 saturated carbocycles. The third-order valence-corrected chi connectivity index (χ3v) is 5.55. The first-order valence-corrected chi connectivity index (χ1v) is 9.05. The molecule has 7 heteroatoms. The summed E-state index contributed by atoms with van der Waals surface area (Å²) in [6, 6.07) is 14.3. The molecule has 0 aliphatic carbocycles. The van der Waals surface area contributed by atoms with Gasteiger partial charge in [0.25, 0.3) is 0 Å². The molecule has 0 radical (unpaired) electrons. The Hall–Kier alpha value is -2.09. The van der Waals surface area contributed by atoms with Gasteiger partial charge in [-0.2, -0.15) is 0 Å². The van der Waals surface area contributed by atoms with Crippen molar-refractivity contribution >= 4 is 39.3 Å². The minimum atomic E-state index is -1.05. The highest BCUT2D eigenvalue weighted by molar-refractivity contribution is 8.01. The molecule has 2 aromatic carbocycles. The third kappa shape index (κ3) is 4.05. The van der Waals surface area contributed by atoms with E-state index >= 15 is 0 Å². The van der Waals surface area contributed by atoms with Gasteiger partial charge in [-0.3, -0.25) is 0 Å². The van der Waals surface area contributed by atoms with Gasteiger partial charge < -0.3 is 14.9 Å². The maximum atomic E-state index is 11.1. The number of carboxylic acid groups (broad SMARTS) is 1. The molecule has 0 aliphatic rings. The van der Waals surface area contributed by atoms with Crippen LogP contribution in [0.3, 0.4) is 0 Å². The maximum absolute atomic E-state index is 11.1. The molecule has 124 valence electrons. The van der Waals surface area contributed by atoms with E-state index in [2.05, 4.69) is 4.98 Å². The molecule has 0 amide bonds. The lowest BCUT2D eigenvalue weighted by molar-refractivity contribution is 0.0686. The van der Waals surface area contributed by atoms with Crippen LogP contribution in [0.15, 0.2) is 52.9 Å². The number of para-hydroxylation sites is 2. The highest BCUT2D eigenvalue weighted by Gasteiger charge is 2.13. The lowest BCUT2D eigenvalue weighted by Gasteiger charge is -2.12. The van der Waals surface area contributed by atoms with Crippen LogP contribution in [-0.4, -0.2) is 39.6 Å². The minimum Gasteiger partial charge on any atom is -0.490 e. The van der Waals surface area contributed by atoms with Crippen LogP contribution in [0, 0.1) is 0 Å². The third-order valence-electron chi connectivity index (χ3n) is 3.22. The Labute approximate surface area is 146 Å². The summed E-state index contributed by atoms with van der Waals surface area (Å²) in [6.45, 7) is 0.0299. The number of fused-ring (bicyclic) bond motifs is 1. The fourth-order valence-corrected chi connectivity index (χ4v) is 4.08. The first kappa shape index (κ1) is 16.8. The van der Waals surface area contributed by atoms with Gasteiger partial charge in [0.1, 0.15) is 17.9 Å². The number of thioether (sulfide) groups is 1. The Kier molecular flexibility index (Phi) is 5.34. The van der Waals surface area contributed by atoms with Crippen molar-refractivity contribution in [2.24, 2.45) is 0 Å². The lowest BCUT2D eigenvalue weighted by atomic mass is 10.2. The number of aromatic nitrogens is 1. The highest BCUT2D eigenvalue weighted by atomic mass is 32.2. The van der Waals surface area contributed by atoms with Crippen LogP contribution in [0.2, 0.25) is 0 Å². The van der Waals surface area contributed by atoms with Crippen LogP contribution in [-0.2, 0) is 0 Å². The van der Waals surface area contributed by atoms with Gasteiger partial charge >= 0.3 is 5.97 Å². The van der Waals surface area contributed by atoms with Crippen LogP contribution in [0.25, 0.3) is 10.2 Å². The predicted octanol–water partition coefficient (Wildman–Crippen LogP) is 3.53. The van der Waals surface area contributed by atoms with Gasteiger partial charge in [0, 0.05) is 5.75 Å². The van der Waals surface area contributed by atoms with Crippen LogP contribution < -0.4 is 4.74 Å². The van der Waals surface area contributed by atoms with Crippen LogP contribution in [0.5, 0.6) is 5.75 Å². The van der Waals surface area contributed by atoms with Gasteiger partial charge in [0.2, 0.25) is 0 Å². The fourth-order valence-electron chi connectivity index (χ4n) is 2.08. The number of aromatic carboxylic acids is 1. The Morgan fingerprint density at radius 1 is 1.21 bits per heavy atom. The second-order valence-electron chi connectivity index (χ2n) is 5.02. The molecule has 0 spiro atoms. The molecule has 1 aromatic heterocycles. The second kappa shape index (κ2) is 7.65. The van der Waals surface area contributed by atoms with Crippen molar-refractivity contribution in [1.82, 2.24) is 4.98 Å². The number of carbonyl (C=O) groups is 1. The quantitative estimate of drug-likeness (QED) is 0.627. The molecule has 5 nitrogen and oxygen atoms in total. The first-order valence-electron chi connectivity index (χ1n) is 7.25. The zero-order valence-corrected chi connectivity index (χ0v) is 14.2. The molecule has 0 bridgehead atoms. The number of carboxylic acids is 1. The summed E-state index contributed by atoms with van der Waals surface area (Å²) in [7, 11) is 0. The smallest absolute Gasteiger partial charge is 0.339 e. The lowest BCUT2D eigenvalue weighted by Crippen LogP contribution is -2.20. The zero-order valence-electron chi connectivity index (χ0n) is 12.6. The predicted molar refractivity (Wildman–Crippen MR) is 95.2 cm³/mol. The molecular weight excluding hydrogens is 346 g/mol. The van der Waals surface area contributed by atoms with Crippen LogP contribution in [0.4, 0.5) is 0 Å². The van der Waals surface area contributed by atoms with E-state index in [4.69, 9.17) is 9.84 Å². The second-order valence-corrected chi connectivity index (χ2v) is 7.32. The molecule has 0 fully saturated rings. The van der Waals surface area contributed by atoms with Crippen molar-refractivity contribution in [2.45, 2.75) is 10.4 Å². The molecule has 0 saturated heterocycles. The van der Waals surface area contributed by atoms with E-state index in [1.54, 1.807) is 29.5 Å². The first-order chi connectivity index (χ1) is 11.6. The van der Waals surface area contributed by atoms with Gasteiger partial charge in [0.15, 0.2) is 4.34 Å². The molecular formula is C17H15NO4S2. The zero-order chi connectivity index (χ0) is 16.9. The largest absolute Gasteiger partial charge is 0.490 e. The molecule has 1 atom stereocenters. The van der Waals surface area contributed by atoms with E-state index < -0.39 is 12.1 Å². The van der Waals surface area contributed by atoms with Gasteiger partial charge in [-0.25, -0.2) is 9.78 Å². The van der Waals surface area contributed by atoms with E-state index in [-0.39, 0.29) is 17.9 Å². The van der Waals surface area contributed by atoms with Gasteiger partial charge in [0.05, 0.1) is 16.3 Å². The van der Waals surface area contributed by atoms with E-state index in [0.29, 0.717) is 5.75 Å². The Bertz CT molecular complexity index is 816. The summed E-state index contributed by atoms with van der Waals surface area (Å²) in [4.78, 5) is 15.6. The van der Waals surface area contributed by atoms with Crippen molar-refractivity contribution in [2.75, 3.05) is 12.4 Å². The molecule has 24 heavy (non-hydrogen) atoms. The van der Waals surface area contributed by atoms with E-state index in [0.717, 1.165) is 14.6 Å². The summed E-state index contributed by atoms with van der Waals surface area (Å²) in [5.74, 6) is -0.368. The van der Waals surface area contributed by atoms with E-state index in [1.165, 1.54) is 17.8 Å². The minimum absolute atomic E-state index is 0.0299. The monoisotopic (exact) mass is 361 g/mol. The Morgan fingerprint density at radius 2 is 1.96 bits per heavy atom. The van der Waals surface area contributed by atoms with Crippen LogP contribution in [0.1, 0.15) is 10.4 Å². The van der Waals surface area contributed by atoms with E-state index in [9.17, 15) is 9.90 Å². The maximum Gasteiger partial charge on any atom is 0.339 e. The molecule has 3 aromatic rings. The fraction of sp³-hybridized carbons (Fsp3) is 0.176.